The molecular formula is C16H25NO3. The number of hydrogen-bond acceptors (Lipinski definition) is 4. The van der Waals surface area contributed by atoms with Gasteiger partial charge < -0.3 is 19.9 Å². The molecule has 0 saturated carbocycles. The third-order valence-corrected chi connectivity index (χ3v) is 3.46. The van der Waals surface area contributed by atoms with E-state index in [-0.39, 0.29) is 0 Å². The van der Waals surface area contributed by atoms with Crippen LogP contribution in [0.4, 0.5) is 0 Å². The van der Waals surface area contributed by atoms with Crippen molar-refractivity contribution in [1.82, 2.24) is 0 Å². The smallest absolute Gasteiger partial charge is 0.161 e. The van der Waals surface area contributed by atoms with Crippen LogP contribution in [-0.2, 0) is 11.2 Å². The van der Waals surface area contributed by atoms with Gasteiger partial charge in [0.2, 0.25) is 0 Å². The summed E-state index contributed by atoms with van der Waals surface area (Å²) < 4.78 is 17.1. The molecule has 20 heavy (non-hydrogen) atoms. The Balaban J connectivity index is 1.90. The Labute approximate surface area is 121 Å². The van der Waals surface area contributed by atoms with Gasteiger partial charge in [0.15, 0.2) is 11.5 Å². The number of nitrogens with two attached hydrogens (primary N) is 1. The summed E-state index contributed by atoms with van der Waals surface area (Å²) in [7, 11) is 0. The van der Waals surface area contributed by atoms with Gasteiger partial charge >= 0.3 is 0 Å². The summed E-state index contributed by atoms with van der Waals surface area (Å²) in [5.74, 6) is 1.62. The number of benzene rings is 1. The van der Waals surface area contributed by atoms with Crippen molar-refractivity contribution in [2.24, 2.45) is 5.73 Å². The monoisotopic (exact) mass is 279 g/mol. The van der Waals surface area contributed by atoms with Crippen LogP contribution in [0.3, 0.4) is 0 Å². The zero-order valence-electron chi connectivity index (χ0n) is 12.3. The zero-order valence-corrected chi connectivity index (χ0v) is 12.3. The van der Waals surface area contributed by atoms with Crippen LogP contribution in [0.2, 0.25) is 0 Å². The summed E-state index contributed by atoms with van der Waals surface area (Å²) in [4.78, 5) is 0. The Kier molecular flexibility index (Phi) is 6.15. The minimum atomic E-state index is 0.363. The van der Waals surface area contributed by atoms with Crippen LogP contribution < -0.4 is 15.2 Å². The summed E-state index contributed by atoms with van der Waals surface area (Å²) >= 11 is 0. The SMILES string of the molecule is CCOc1cc(CCN)ccc1OCCC1CCCO1. The summed E-state index contributed by atoms with van der Waals surface area (Å²) in [6.07, 6.45) is 4.48. The maximum atomic E-state index is 5.85. The van der Waals surface area contributed by atoms with E-state index in [4.69, 9.17) is 19.9 Å². The molecule has 1 atom stereocenters. The van der Waals surface area contributed by atoms with Crippen LogP contribution in [0.1, 0.15) is 31.7 Å². The lowest BCUT2D eigenvalue weighted by Crippen LogP contribution is -2.11. The summed E-state index contributed by atoms with van der Waals surface area (Å²) in [6.45, 7) is 4.81. The largest absolute Gasteiger partial charge is 0.490 e. The van der Waals surface area contributed by atoms with Crippen LogP contribution in [0, 0.1) is 0 Å². The van der Waals surface area contributed by atoms with Gasteiger partial charge in [0, 0.05) is 13.0 Å². The third kappa shape index (κ3) is 4.39. The number of rotatable bonds is 8. The molecule has 0 amide bonds. The predicted molar refractivity (Wildman–Crippen MR) is 79.5 cm³/mol. The van der Waals surface area contributed by atoms with E-state index in [1.807, 2.05) is 19.1 Å². The fraction of sp³-hybridized carbons (Fsp3) is 0.625. The second kappa shape index (κ2) is 8.12. The molecule has 4 nitrogen and oxygen atoms in total. The average molecular weight is 279 g/mol. The van der Waals surface area contributed by atoms with Gasteiger partial charge in [-0.05, 0) is 50.4 Å². The molecule has 2 N–H and O–H groups in total. The predicted octanol–water partition coefficient (Wildman–Crippen LogP) is 2.53. The van der Waals surface area contributed by atoms with E-state index < -0.39 is 0 Å². The molecule has 0 bridgehead atoms. The van der Waals surface area contributed by atoms with Crippen molar-refractivity contribution in [2.75, 3.05) is 26.4 Å². The van der Waals surface area contributed by atoms with E-state index in [2.05, 4.69) is 6.07 Å². The van der Waals surface area contributed by atoms with E-state index in [1.165, 1.54) is 12.0 Å². The summed E-state index contributed by atoms with van der Waals surface area (Å²) in [5.41, 5.74) is 6.77. The van der Waals surface area contributed by atoms with Crippen LogP contribution in [0.15, 0.2) is 18.2 Å². The Morgan fingerprint density at radius 3 is 2.90 bits per heavy atom. The first-order valence-electron chi connectivity index (χ1n) is 7.53. The van der Waals surface area contributed by atoms with Crippen molar-refractivity contribution >= 4 is 0 Å². The van der Waals surface area contributed by atoms with E-state index in [0.29, 0.717) is 25.9 Å². The molecule has 1 heterocycles. The zero-order chi connectivity index (χ0) is 14.2. The fourth-order valence-electron chi connectivity index (χ4n) is 2.43. The topological polar surface area (TPSA) is 53.7 Å². The first-order valence-corrected chi connectivity index (χ1v) is 7.53. The minimum Gasteiger partial charge on any atom is -0.490 e. The van der Waals surface area contributed by atoms with E-state index >= 15 is 0 Å². The lowest BCUT2D eigenvalue weighted by atomic mass is 10.1. The van der Waals surface area contributed by atoms with Gasteiger partial charge in [-0.2, -0.15) is 0 Å². The second-order valence-corrected chi connectivity index (χ2v) is 5.02. The molecule has 1 aromatic rings. The van der Waals surface area contributed by atoms with Gasteiger partial charge in [-0.15, -0.1) is 0 Å². The molecule has 2 rings (SSSR count). The van der Waals surface area contributed by atoms with Gasteiger partial charge in [0.1, 0.15) is 0 Å². The quantitative estimate of drug-likeness (QED) is 0.794. The molecule has 1 aliphatic heterocycles. The van der Waals surface area contributed by atoms with Crippen molar-refractivity contribution in [3.05, 3.63) is 23.8 Å². The Bertz CT molecular complexity index is 403. The maximum Gasteiger partial charge on any atom is 0.161 e. The van der Waals surface area contributed by atoms with Crippen molar-refractivity contribution < 1.29 is 14.2 Å². The van der Waals surface area contributed by atoms with Gasteiger partial charge in [0.05, 0.1) is 19.3 Å². The molecule has 1 fully saturated rings. The van der Waals surface area contributed by atoms with Crippen molar-refractivity contribution in [1.29, 1.82) is 0 Å². The summed E-state index contributed by atoms with van der Waals surface area (Å²) in [5, 5.41) is 0. The third-order valence-electron chi connectivity index (χ3n) is 3.46. The molecule has 1 unspecified atom stereocenters. The highest BCUT2D eigenvalue weighted by atomic mass is 16.5. The molecule has 0 aliphatic carbocycles. The average Bonchev–Trinajstić information content (AvgIpc) is 2.95. The van der Waals surface area contributed by atoms with Crippen LogP contribution in [-0.4, -0.2) is 32.5 Å². The van der Waals surface area contributed by atoms with Gasteiger partial charge in [0.25, 0.3) is 0 Å². The van der Waals surface area contributed by atoms with E-state index in [9.17, 15) is 0 Å². The highest BCUT2D eigenvalue weighted by Crippen LogP contribution is 2.29. The molecular weight excluding hydrogens is 254 g/mol. The Hall–Kier alpha value is -1.26. The highest BCUT2D eigenvalue weighted by Gasteiger charge is 2.15. The van der Waals surface area contributed by atoms with Gasteiger partial charge in [-0.25, -0.2) is 0 Å². The molecule has 1 aromatic carbocycles. The Morgan fingerprint density at radius 2 is 2.20 bits per heavy atom. The van der Waals surface area contributed by atoms with Crippen LogP contribution in [0.25, 0.3) is 0 Å². The van der Waals surface area contributed by atoms with Gasteiger partial charge in [-0.1, -0.05) is 6.07 Å². The van der Waals surface area contributed by atoms with Crippen molar-refractivity contribution in [3.8, 4) is 11.5 Å². The second-order valence-electron chi connectivity index (χ2n) is 5.02. The van der Waals surface area contributed by atoms with Crippen molar-refractivity contribution in [3.63, 3.8) is 0 Å². The molecule has 112 valence electrons. The van der Waals surface area contributed by atoms with Gasteiger partial charge in [-0.3, -0.25) is 0 Å². The molecule has 4 heteroatoms. The van der Waals surface area contributed by atoms with E-state index in [1.54, 1.807) is 0 Å². The van der Waals surface area contributed by atoms with E-state index in [0.717, 1.165) is 37.4 Å². The normalized spacial score (nSPS) is 18.2. The maximum absolute atomic E-state index is 5.85. The van der Waals surface area contributed by atoms with Crippen molar-refractivity contribution in [2.45, 2.75) is 38.7 Å². The molecule has 0 aromatic heterocycles. The lowest BCUT2D eigenvalue weighted by Gasteiger charge is -2.15. The Morgan fingerprint density at radius 1 is 1.30 bits per heavy atom. The lowest BCUT2D eigenvalue weighted by molar-refractivity contribution is 0.0897. The first kappa shape index (κ1) is 15.1. The molecule has 1 saturated heterocycles. The summed E-state index contributed by atoms with van der Waals surface area (Å²) in [6, 6.07) is 6.06. The molecule has 0 spiro atoms. The minimum absolute atomic E-state index is 0.363. The first-order chi connectivity index (χ1) is 9.83. The standard InChI is InChI=1S/C16H25NO3/c1-2-18-16-12-13(7-9-17)5-6-15(16)20-11-8-14-4-3-10-19-14/h5-6,12,14H,2-4,7-11,17H2,1H3. The number of ether oxygens (including phenoxy) is 3. The number of hydrogen-bond donors (Lipinski definition) is 1. The highest BCUT2D eigenvalue weighted by molar-refractivity contribution is 5.43. The van der Waals surface area contributed by atoms with Crippen LogP contribution in [0.5, 0.6) is 11.5 Å². The molecule has 1 aliphatic rings. The fourth-order valence-corrected chi connectivity index (χ4v) is 2.43. The van der Waals surface area contributed by atoms with Crippen LogP contribution >= 0.6 is 0 Å². The molecule has 0 radical (unpaired) electrons.